The van der Waals surface area contributed by atoms with Gasteiger partial charge in [0.15, 0.2) is 0 Å². The third kappa shape index (κ3) is 3.35. The SMILES string of the molecule is CC(c1ccc(Cl)cc1Cl)N(C)S(=O)(=O)c1cc(N)cs1. The van der Waals surface area contributed by atoms with E-state index in [1.54, 1.807) is 30.5 Å². The Kier molecular flexibility index (Phi) is 4.85. The van der Waals surface area contributed by atoms with Gasteiger partial charge in [-0.25, -0.2) is 8.42 Å². The smallest absolute Gasteiger partial charge is 0.252 e. The first-order chi connectivity index (χ1) is 9.73. The lowest BCUT2D eigenvalue weighted by Gasteiger charge is -2.24. The summed E-state index contributed by atoms with van der Waals surface area (Å²) < 4.78 is 26.6. The second-order valence-electron chi connectivity index (χ2n) is 4.56. The fourth-order valence-corrected chi connectivity index (χ4v) is 5.02. The Labute approximate surface area is 138 Å². The molecule has 0 fully saturated rings. The van der Waals surface area contributed by atoms with Gasteiger partial charge in [0.05, 0.1) is 0 Å². The molecule has 2 aromatic rings. The standard InChI is InChI=1S/C13H14Cl2N2O2S2/c1-8(11-4-3-9(14)5-12(11)15)17(2)21(18,19)13-6-10(16)7-20-13/h3-8H,16H2,1-2H3. The molecule has 114 valence electrons. The molecule has 0 radical (unpaired) electrons. The van der Waals surface area contributed by atoms with Crippen molar-refractivity contribution in [1.29, 1.82) is 0 Å². The first kappa shape index (κ1) is 16.6. The molecule has 0 bridgehead atoms. The van der Waals surface area contributed by atoms with Crippen LogP contribution >= 0.6 is 34.5 Å². The van der Waals surface area contributed by atoms with E-state index in [2.05, 4.69) is 0 Å². The summed E-state index contributed by atoms with van der Waals surface area (Å²) in [6.07, 6.45) is 0. The molecule has 0 aliphatic carbocycles. The van der Waals surface area contributed by atoms with Gasteiger partial charge in [-0.1, -0.05) is 29.3 Å². The summed E-state index contributed by atoms with van der Waals surface area (Å²) in [4.78, 5) is 0. The van der Waals surface area contributed by atoms with E-state index in [1.807, 2.05) is 0 Å². The van der Waals surface area contributed by atoms with E-state index in [9.17, 15) is 8.42 Å². The van der Waals surface area contributed by atoms with Gasteiger partial charge in [0.2, 0.25) is 0 Å². The summed E-state index contributed by atoms with van der Waals surface area (Å²) in [7, 11) is -2.10. The number of nitrogens with zero attached hydrogens (tertiary/aromatic N) is 1. The zero-order valence-corrected chi connectivity index (χ0v) is 14.5. The molecule has 8 heteroatoms. The van der Waals surface area contributed by atoms with Gasteiger partial charge >= 0.3 is 0 Å². The van der Waals surface area contributed by atoms with Crippen molar-refractivity contribution in [3.63, 3.8) is 0 Å². The lowest BCUT2D eigenvalue weighted by atomic mass is 10.1. The summed E-state index contributed by atoms with van der Waals surface area (Å²) in [5, 5.41) is 2.54. The van der Waals surface area contributed by atoms with Crippen LogP contribution in [0.1, 0.15) is 18.5 Å². The highest BCUT2D eigenvalue weighted by atomic mass is 35.5. The number of halogens is 2. The fourth-order valence-electron chi connectivity index (χ4n) is 1.85. The minimum absolute atomic E-state index is 0.208. The van der Waals surface area contributed by atoms with Crippen LogP contribution in [-0.2, 0) is 10.0 Å². The number of nitrogen functional groups attached to an aromatic ring is 1. The Hall–Kier alpha value is -0.790. The molecule has 4 nitrogen and oxygen atoms in total. The van der Waals surface area contributed by atoms with Crippen LogP contribution in [0.3, 0.4) is 0 Å². The van der Waals surface area contributed by atoms with E-state index in [-0.39, 0.29) is 4.21 Å². The first-order valence-corrected chi connectivity index (χ1v) is 9.08. The van der Waals surface area contributed by atoms with Crippen molar-refractivity contribution < 1.29 is 8.42 Å². The van der Waals surface area contributed by atoms with Gasteiger partial charge in [-0.2, -0.15) is 4.31 Å². The van der Waals surface area contributed by atoms with Gasteiger partial charge in [-0.15, -0.1) is 11.3 Å². The molecule has 0 spiro atoms. The summed E-state index contributed by atoms with van der Waals surface area (Å²) >= 11 is 13.1. The van der Waals surface area contributed by atoms with Gasteiger partial charge in [0, 0.05) is 34.2 Å². The molecule has 1 aromatic heterocycles. The minimum Gasteiger partial charge on any atom is -0.398 e. The van der Waals surface area contributed by atoms with Crippen LogP contribution < -0.4 is 5.73 Å². The number of sulfonamides is 1. The van der Waals surface area contributed by atoms with Gasteiger partial charge < -0.3 is 5.73 Å². The van der Waals surface area contributed by atoms with Crippen LogP contribution in [-0.4, -0.2) is 19.8 Å². The Balaban J connectivity index is 2.36. The predicted octanol–water partition coefficient (Wildman–Crippen LogP) is 4.02. The number of thiophene rings is 1. The topological polar surface area (TPSA) is 63.4 Å². The van der Waals surface area contributed by atoms with E-state index >= 15 is 0 Å². The first-order valence-electron chi connectivity index (χ1n) is 6.00. The second-order valence-corrected chi connectivity index (χ2v) is 8.54. The van der Waals surface area contributed by atoms with Crippen molar-refractivity contribution in [3.05, 3.63) is 45.3 Å². The normalized spacial score (nSPS) is 13.6. The number of hydrogen-bond acceptors (Lipinski definition) is 4. The Bertz CT molecular complexity index is 759. The number of anilines is 1. The molecule has 1 aromatic carbocycles. The van der Waals surface area contributed by atoms with Gasteiger partial charge in [0.1, 0.15) is 4.21 Å². The largest absolute Gasteiger partial charge is 0.398 e. The van der Waals surface area contributed by atoms with Crippen LogP contribution in [0.4, 0.5) is 5.69 Å². The monoisotopic (exact) mass is 364 g/mol. The summed E-state index contributed by atoms with van der Waals surface area (Å²) in [6.45, 7) is 1.77. The zero-order valence-electron chi connectivity index (χ0n) is 11.4. The third-order valence-electron chi connectivity index (χ3n) is 3.19. The molecule has 1 atom stereocenters. The molecule has 0 saturated carbocycles. The van der Waals surface area contributed by atoms with Crippen molar-refractivity contribution in [2.75, 3.05) is 12.8 Å². The maximum absolute atomic E-state index is 12.6. The van der Waals surface area contributed by atoms with Crippen LogP contribution in [0.5, 0.6) is 0 Å². The van der Waals surface area contributed by atoms with E-state index < -0.39 is 16.1 Å². The average molecular weight is 365 g/mol. The molecule has 0 aliphatic heterocycles. The van der Waals surface area contributed by atoms with Crippen molar-refractivity contribution in [2.24, 2.45) is 0 Å². The highest BCUT2D eigenvalue weighted by Crippen LogP contribution is 2.33. The number of rotatable bonds is 4. The van der Waals surface area contributed by atoms with Crippen LogP contribution in [0.15, 0.2) is 33.9 Å². The summed E-state index contributed by atoms with van der Waals surface area (Å²) in [6, 6.07) is 6.03. The number of benzene rings is 1. The quantitative estimate of drug-likeness (QED) is 0.890. The van der Waals surface area contributed by atoms with E-state index in [4.69, 9.17) is 28.9 Å². The van der Waals surface area contributed by atoms with Crippen LogP contribution in [0, 0.1) is 0 Å². The van der Waals surface area contributed by atoms with Gasteiger partial charge in [-0.05, 0) is 30.7 Å². The molecule has 2 N–H and O–H groups in total. The van der Waals surface area contributed by atoms with Crippen molar-refractivity contribution in [2.45, 2.75) is 17.2 Å². The van der Waals surface area contributed by atoms with E-state index in [1.165, 1.54) is 17.4 Å². The van der Waals surface area contributed by atoms with Crippen molar-refractivity contribution in [1.82, 2.24) is 4.31 Å². The molecule has 1 unspecified atom stereocenters. The molecule has 0 saturated heterocycles. The predicted molar refractivity (Wildman–Crippen MR) is 88.6 cm³/mol. The lowest BCUT2D eigenvalue weighted by Crippen LogP contribution is -2.29. The molecule has 21 heavy (non-hydrogen) atoms. The average Bonchev–Trinajstić information content (AvgIpc) is 2.84. The molecule has 2 rings (SSSR count). The molecule has 1 heterocycles. The summed E-state index contributed by atoms with van der Waals surface area (Å²) in [5.41, 5.74) is 6.72. The van der Waals surface area contributed by atoms with Crippen molar-refractivity contribution in [3.8, 4) is 0 Å². The van der Waals surface area contributed by atoms with Gasteiger partial charge in [-0.3, -0.25) is 0 Å². The molecule has 0 aliphatic rings. The minimum atomic E-state index is -3.61. The lowest BCUT2D eigenvalue weighted by molar-refractivity contribution is 0.399. The summed E-state index contributed by atoms with van der Waals surface area (Å²) in [5.74, 6) is 0. The fraction of sp³-hybridized carbons (Fsp3) is 0.231. The Morgan fingerprint density at radius 1 is 1.29 bits per heavy atom. The number of nitrogens with two attached hydrogens (primary N) is 1. The molecular formula is C13H14Cl2N2O2S2. The van der Waals surface area contributed by atoms with Crippen LogP contribution in [0.2, 0.25) is 10.0 Å². The van der Waals surface area contributed by atoms with E-state index in [0.717, 1.165) is 11.3 Å². The van der Waals surface area contributed by atoms with Gasteiger partial charge in [0.25, 0.3) is 10.0 Å². The Morgan fingerprint density at radius 3 is 2.48 bits per heavy atom. The highest BCUT2D eigenvalue weighted by Gasteiger charge is 2.28. The Morgan fingerprint density at radius 2 is 1.95 bits per heavy atom. The maximum Gasteiger partial charge on any atom is 0.252 e. The zero-order chi connectivity index (χ0) is 15.8. The molecular weight excluding hydrogens is 351 g/mol. The maximum atomic E-state index is 12.6. The number of hydrogen-bond donors (Lipinski definition) is 1. The highest BCUT2D eigenvalue weighted by molar-refractivity contribution is 7.91. The van der Waals surface area contributed by atoms with Crippen molar-refractivity contribution >= 4 is 50.2 Å². The molecule has 0 amide bonds. The van der Waals surface area contributed by atoms with E-state index in [0.29, 0.717) is 21.3 Å². The van der Waals surface area contributed by atoms with Crippen LogP contribution in [0.25, 0.3) is 0 Å². The third-order valence-corrected chi connectivity index (χ3v) is 7.11. The second kappa shape index (κ2) is 6.14.